The number of esters is 1. The molecule has 0 fully saturated rings. The number of nitrogens with zero attached hydrogens (tertiary/aromatic N) is 1. The van der Waals surface area contributed by atoms with Crippen molar-refractivity contribution >= 4 is 17.7 Å². The summed E-state index contributed by atoms with van der Waals surface area (Å²) in [4.78, 5) is 26.9. The molecule has 1 heterocycles. The number of pyridine rings is 1. The Morgan fingerprint density at radius 2 is 1.80 bits per heavy atom. The van der Waals surface area contributed by atoms with Crippen LogP contribution < -0.4 is 10.1 Å². The highest BCUT2D eigenvalue weighted by molar-refractivity contribution is 6.03. The lowest BCUT2D eigenvalue weighted by Gasteiger charge is -2.05. The summed E-state index contributed by atoms with van der Waals surface area (Å²) < 4.78 is 4.90. The van der Waals surface area contributed by atoms with Crippen LogP contribution in [0.3, 0.4) is 0 Å². The lowest BCUT2D eigenvalue weighted by Crippen LogP contribution is -2.12. The first-order valence-corrected chi connectivity index (χ1v) is 6.07. The number of aromatic nitrogens is 1. The van der Waals surface area contributed by atoms with Gasteiger partial charge in [-0.05, 0) is 42.8 Å². The first kappa shape index (κ1) is 13.7. The van der Waals surface area contributed by atoms with Gasteiger partial charge in [-0.2, -0.15) is 0 Å². The molecule has 102 valence electrons. The van der Waals surface area contributed by atoms with Gasteiger partial charge < -0.3 is 10.1 Å². The van der Waals surface area contributed by atoms with Gasteiger partial charge >= 0.3 is 5.97 Å². The van der Waals surface area contributed by atoms with Gasteiger partial charge in [-0.15, -0.1) is 0 Å². The predicted octanol–water partition coefficient (Wildman–Crippen LogP) is 2.57. The summed E-state index contributed by atoms with van der Waals surface area (Å²) >= 11 is 0. The van der Waals surface area contributed by atoms with Crippen LogP contribution in [0.1, 0.15) is 22.8 Å². The van der Waals surface area contributed by atoms with Crippen molar-refractivity contribution in [1.29, 1.82) is 0 Å². The number of carbonyl (C=O) groups excluding carboxylic acids is 2. The van der Waals surface area contributed by atoms with Crippen LogP contribution in [0.15, 0.2) is 42.6 Å². The molecular formula is C15H14N2O3. The second-order valence-corrected chi connectivity index (χ2v) is 4.29. The summed E-state index contributed by atoms with van der Waals surface area (Å²) in [5.41, 5.74) is 1.48. The van der Waals surface area contributed by atoms with Crippen molar-refractivity contribution in [3.63, 3.8) is 0 Å². The van der Waals surface area contributed by atoms with E-state index in [1.165, 1.54) is 6.92 Å². The van der Waals surface area contributed by atoms with Crippen LogP contribution in [0.25, 0.3) is 0 Å². The van der Waals surface area contributed by atoms with E-state index in [4.69, 9.17) is 4.74 Å². The summed E-state index contributed by atoms with van der Waals surface area (Å²) in [5, 5.41) is 2.69. The normalized spacial score (nSPS) is 9.90. The van der Waals surface area contributed by atoms with Crippen LogP contribution in [0.5, 0.6) is 5.75 Å². The van der Waals surface area contributed by atoms with E-state index in [9.17, 15) is 9.59 Å². The van der Waals surface area contributed by atoms with E-state index in [0.717, 1.165) is 5.56 Å². The van der Waals surface area contributed by atoms with Gasteiger partial charge in [-0.25, -0.2) is 4.98 Å². The molecule has 0 bridgehead atoms. The summed E-state index contributed by atoms with van der Waals surface area (Å²) in [5.74, 6) is 0.231. The lowest BCUT2D eigenvalue weighted by molar-refractivity contribution is -0.131. The van der Waals surface area contributed by atoms with Crippen molar-refractivity contribution in [1.82, 2.24) is 4.98 Å². The number of hydrogen-bond acceptors (Lipinski definition) is 4. The molecular weight excluding hydrogens is 256 g/mol. The molecule has 5 nitrogen and oxygen atoms in total. The highest BCUT2D eigenvalue weighted by atomic mass is 16.5. The number of anilines is 1. The van der Waals surface area contributed by atoms with E-state index in [1.807, 2.05) is 13.0 Å². The standard InChI is InChI=1S/C15H14N2O3/c1-10-3-8-14(16-9-10)17-15(19)12-4-6-13(7-5-12)20-11(2)18/h3-9H,1-2H3,(H,16,17,19). The van der Waals surface area contributed by atoms with Gasteiger partial charge in [0.1, 0.15) is 11.6 Å². The van der Waals surface area contributed by atoms with Gasteiger partial charge in [0.25, 0.3) is 5.91 Å². The van der Waals surface area contributed by atoms with E-state index >= 15 is 0 Å². The van der Waals surface area contributed by atoms with Gasteiger partial charge in [0, 0.05) is 18.7 Å². The zero-order valence-electron chi connectivity index (χ0n) is 11.2. The molecule has 0 radical (unpaired) electrons. The average Bonchev–Trinajstić information content (AvgIpc) is 2.41. The van der Waals surface area contributed by atoms with E-state index in [-0.39, 0.29) is 5.91 Å². The molecule has 1 aromatic carbocycles. The van der Waals surface area contributed by atoms with Crippen LogP contribution >= 0.6 is 0 Å². The summed E-state index contributed by atoms with van der Waals surface area (Å²) in [6.07, 6.45) is 1.68. The molecule has 0 saturated carbocycles. The number of nitrogens with one attached hydrogen (secondary N) is 1. The van der Waals surface area contributed by atoms with Gasteiger partial charge in [0.2, 0.25) is 0 Å². The Hall–Kier alpha value is -2.69. The highest BCUT2D eigenvalue weighted by Gasteiger charge is 2.07. The Labute approximate surface area is 116 Å². The fourth-order valence-corrected chi connectivity index (χ4v) is 1.57. The monoisotopic (exact) mass is 270 g/mol. The summed E-state index contributed by atoms with van der Waals surface area (Å²) in [6.45, 7) is 3.25. The van der Waals surface area contributed by atoms with Crippen LogP contribution in [0.2, 0.25) is 0 Å². The average molecular weight is 270 g/mol. The van der Waals surface area contributed by atoms with Crippen LogP contribution in [0.4, 0.5) is 5.82 Å². The van der Waals surface area contributed by atoms with Crippen LogP contribution in [0, 0.1) is 6.92 Å². The van der Waals surface area contributed by atoms with E-state index in [1.54, 1.807) is 36.5 Å². The van der Waals surface area contributed by atoms with E-state index in [2.05, 4.69) is 10.3 Å². The molecule has 0 spiro atoms. The number of rotatable bonds is 3. The van der Waals surface area contributed by atoms with Crippen molar-refractivity contribution in [3.05, 3.63) is 53.7 Å². The zero-order chi connectivity index (χ0) is 14.5. The summed E-state index contributed by atoms with van der Waals surface area (Å²) in [7, 11) is 0. The van der Waals surface area contributed by atoms with Crippen LogP contribution in [-0.2, 0) is 4.79 Å². The molecule has 2 aromatic rings. The Bertz CT molecular complexity index is 619. The van der Waals surface area contributed by atoms with E-state index < -0.39 is 5.97 Å². The number of carbonyl (C=O) groups is 2. The van der Waals surface area contributed by atoms with Crippen molar-refractivity contribution in [3.8, 4) is 5.75 Å². The van der Waals surface area contributed by atoms with Gasteiger partial charge in [0.15, 0.2) is 0 Å². The third-order valence-electron chi connectivity index (χ3n) is 2.53. The van der Waals surface area contributed by atoms with Crippen LogP contribution in [-0.4, -0.2) is 16.9 Å². The molecule has 1 N–H and O–H groups in total. The second-order valence-electron chi connectivity index (χ2n) is 4.29. The largest absolute Gasteiger partial charge is 0.427 e. The molecule has 5 heteroatoms. The molecule has 0 aliphatic heterocycles. The van der Waals surface area contributed by atoms with E-state index in [0.29, 0.717) is 17.1 Å². The predicted molar refractivity (Wildman–Crippen MR) is 74.7 cm³/mol. The first-order valence-electron chi connectivity index (χ1n) is 6.07. The third-order valence-corrected chi connectivity index (χ3v) is 2.53. The number of aryl methyl sites for hydroxylation is 1. The zero-order valence-corrected chi connectivity index (χ0v) is 11.2. The highest BCUT2D eigenvalue weighted by Crippen LogP contribution is 2.13. The first-order chi connectivity index (χ1) is 9.54. The number of benzene rings is 1. The fourth-order valence-electron chi connectivity index (χ4n) is 1.57. The summed E-state index contributed by atoms with van der Waals surface area (Å²) in [6, 6.07) is 9.91. The Morgan fingerprint density at radius 1 is 1.10 bits per heavy atom. The fraction of sp³-hybridized carbons (Fsp3) is 0.133. The quantitative estimate of drug-likeness (QED) is 0.687. The molecule has 0 atom stereocenters. The number of hydrogen-bond donors (Lipinski definition) is 1. The van der Waals surface area contributed by atoms with Crippen molar-refractivity contribution in [2.45, 2.75) is 13.8 Å². The van der Waals surface area contributed by atoms with Gasteiger partial charge in [-0.1, -0.05) is 6.07 Å². The Kier molecular flexibility index (Phi) is 4.10. The molecule has 0 saturated heterocycles. The molecule has 0 unspecified atom stereocenters. The van der Waals surface area contributed by atoms with Crippen molar-refractivity contribution in [2.24, 2.45) is 0 Å². The number of ether oxygens (including phenoxy) is 1. The minimum Gasteiger partial charge on any atom is -0.427 e. The van der Waals surface area contributed by atoms with Crippen molar-refractivity contribution < 1.29 is 14.3 Å². The maximum Gasteiger partial charge on any atom is 0.308 e. The minimum absolute atomic E-state index is 0.268. The Balaban J connectivity index is 2.05. The molecule has 0 aliphatic carbocycles. The van der Waals surface area contributed by atoms with Crippen molar-refractivity contribution in [2.75, 3.05) is 5.32 Å². The molecule has 2 rings (SSSR count). The topological polar surface area (TPSA) is 68.3 Å². The maximum atomic E-state index is 12.0. The maximum absolute atomic E-state index is 12.0. The lowest BCUT2D eigenvalue weighted by atomic mass is 10.2. The van der Waals surface area contributed by atoms with Gasteiger partial charge in [-0.3, -0.25) is 9.59 Å². The molecule has 20 heavy (non-hydrogen) atoms. The second kappa shape index (κ2) is 5.97. The molecule has 0 aliphatic rings. The third kappa shape index (κ3) is 3.65. The Morgan fingerprint density at radius 3 is 2.35 bits per heavy atom. The molecule has 1 aromatic heterocycles. The minimum atomic E-state index is -0.397. The smallest absolute Gasteiger partial charge is 0.308 e. The van der Waals surface area contributed by atoms with Gasteiger partial charge in [0.05, 0.1) is 0 Å². The molecule has 1 amide bonds. The number of amides is 1. The SMILES string of the molecule is CC(=O)Oc1ccc(C(=O)Nc2ccc(C)cn2)cc1.